The Morgan fingerprint density at radius 2 is 1.79 bits per heavy atom. The predicted octanol–water partition coefficient (Wildman–Crippen LogP) is 3.80. The van der Waals surface area contributed by atoms with E-state index in [2.05, 4.69) is 0 Å². The Kier molecular flexibility index (Phi) is 6.82. The minimum Gasteiger partial charge on any atom is -0.494 e. The van der Waals surface area contributed by atoms with Crippen molar-refractivity contribution in [2.75, 3.05) is 26.7 Å². The molecule has 1 amide bonds. The maximum Gasteiger partial charge on any atom is 0.255 e. The number of rotatable bonds is 7. The molecule has 1 aliphatic heterocycles. The van der Waals surface area contributed by atoms with E-state index in [0.717, 1.165) is 24.2 Å². The molecular weight excluding hydrogens is 412 g/mol. The molecule has 0 radical (unpaired) electrons. The van der Waals surface area contributed by atoms with Gasteiger partial charge < -0.3 is 9.64 Å². The van der Waals surface area contributed by atoms with Gasteiger partial charge >= 0.3 is 0 Å². The lowest BCUT2D eigenvalue weighted by Crippen LogP contribution is -2.29. The summed E-state index contributed by atoms with van der Waals surface area (Å²) in [6.45, 7) is 3.89. The highest BCUT2D eigenvalue weighted by Crippen LogP contribution is 2.26. The number of halogens is 1. The van der Waals surface area contributed by atoms with E-state index >= 15 is 0 Å². The number of hydrogen-bond donors (Lipinski definition) is 0. The van der Waals surface area contributed by atoms with E-state index in [4.69, 9.17) is 16.3 Å². The highest BCUT2D eigenvalue weighted by atomic mass is 35.5. The Balaban J connectivity index is 1.79. The molecule has 0 bridgehead atoms. The van der Waals surface area contributed by atoms with Gasteiger partial charge in [0, 0.05) is 26.7 Å². The first kappa shape index (κ1) is 21.6. The van der Waals surface area contributed by atoms with Crippen molar-refractivity contribution in [1.82, 2.24) is 9.21 Å². The van der Waals surface area contributed by atoms with Crippen LogP contribution in [-0.2, 0) is 16.6 Å². The number of sulfonamides is 1. The third kappa shape index (κ3) is 4.91. The molecule has 0 atom stereocenters. The Bertz CT molecular complexity index is 971. The minimum absolute atomic E-state index is 0.0987. The van der Waals surface area contributed by atoms with Crippen LogP contribution >= 0.6 is 11.6 Å². The fourth-order valence-corrected chi connectivity index (χ4v) is 5.06. The summed E-state index contributed by atoms with van der Waals surface area (Å²) in [6.07, 6.45) is 1.70. The lowest BCUT2D eigenvalue weighted by molar-refractivity contribution is 0.0785. The van der Waals surface area contributed by atoms with Crippen LogP contribution in [0.15, 0.2) is 47.4 Å². The standard InChI is InChI=1S/C21H25ClN2O4S/c1-3-28-17-8-6-16(7-9-17)15-23(2)21(25)19-14-18(10-11-20(19)22)29(26,27)24-12-4-5-13-24/h6-11,14H,3-5,12-13,15H2,1-2H3. The molecule has 0 spiro atoms. The SMILES string of the molecule is CCOc1ccc(CN(C)C(=O)c2cc(S(=O)(=O)N3CCCC3)ccc2Cl)cc1. The van der Waals surface area contributed by atoms with Crippen LogP contribution < -0.4 is 4.74 Å². The number of carbonyl (C=O) groups excluding carboxylic acids is 1. The monoisotopic (exact) mass is 436 g/mol. The fourth-order valence-electron chi connectivity index (χ4n) is 3.32. The van der Waals surface area contributed by atoms with Crippen molar-refractivity contribution >= 4 is 27.5 Å². The van der Waals surface area contributed by atoms with Gasteiger partial charge in [-0.2, -0.15) is 4.31 Å². The highest BCUT2D eigenvalue weighted by Gasteiger charge is 2.28. The Labute approximate surface area is 177 Å². The molecule has 29 heavy (non-hydrogen) atoms. The van der Waals surface area contributed by atoms with Crippen LogP contribution in [0.2, 0.25) is 5.02 Å². The van der Waals surface area contributed by atoms with Gasteiger partial charge in [0.1, 0.15) is 5.75 Å². The van der Waals surface area contributed by atoms with Crippen molar-refractivity contribution in [1.29, 1.82) is 0 Å². The van der Waals surface area contributed by atoms with E-state index in [9.17, 15) is 13.2 Å². The lowest BCUT2D eigenvalue weighted by atomic mass is 10.1. The molecule has 8 heteroatoms. The molecule has 0 unspecified atom stereocenters. The predicted molar refractivity (Wildman–Crippen MR) is 113 cm³/mol. The van der Waals surface area contributed by atoms with Gasteiger partial charge in [-0.1, -0.05) is 23.7 Å². The average molecular weight is 437 g/mol. The van der Waals surface area contributed by atoms with Gasteiger partial charge in [0.2, 0.25) is 10.0 Å². The van der Waals surface area contributed by atoms with E-state index in [-0.39, 0.29) is 21.4 Å². The first-order valence-electron chi connectivity index (χ1n) is 9.60. The van der Waals surface area contributed by atoms with Gasteiger partial charge in [-0.05, 0) is 55.7 Å². The maximum atomic E-state index is 12.9. The second-order valence-corrected chi connectivity index (χ2v) is 9.34. The Morgan fingerprint density at radius 1 is 1.14 bits per heavy atom. The normalized spacial score (nSPS) is 14.7. The fraction of sp³-hybridized carbons (Fsp3) is 0.381. The first-order valence-corrected chi connectivity index (χ1v) is 11.4. The molecule has 0 aromatic heterocycles. The smallest absolute Gasteiger partial charge is 0.255 e. The quantitative estimate of drug-likeness (QED) is 0.662. The van der Waals surface area contributed by atoms with Crippen molar-refractivity contribution in [3.63, 3.8) is 0 Å². The average Bonchev–Trinajstić information content (AvgIpc) is 3.25. The minimum atomic E-state index is -3.62. The Morgan fingerprint density at radius 3 is 2.41 bits per heavy atom. The van der Waals surface area contributed by atoms with Crippen molar-refractivity contribution in [3.8, 4) is 5.75 Å². The van der Waals surface area contributed by atoms with Gasteiger partial charge in [0.15, 0.2) is 0 Å². The zero-order valence-corrected chi connectivity index (χ0v) is 18.2. The van der Waals surface area contributed by atoms with Gasteiger partial charge in [0.25, 0.3) is 5.91 Å². The van der Waals surface area contributed by atoms with E-state index in [1.807, 2.05) is 31.2 Å². The molecule has 3 rings (SSSR count). The van der Waals surface area contributed by atoms with E-state index in [1.165, 1.54) is 27.4 Å². The molecule has 0 N–H and O–H groups in total. The van der Waals surface area contributed by atoms with E-state index in [0.29, 0.717) is 26.2 Å². The summed E-state index contributed by atoms with van der Waals surface area (Å²) in [6, 6.07) is 11.8. The summed E-state index contributed by atoms with van der Waals surface area (Å²) in [4.78, 5) is 14.6. The zero-order chi connectivity index (χ0) is 21.0. The molecule has 1 heterocycles. The summed E-state index contributed by atoms with van der Waals surface area (Å²) in [5.41, 5.74) is 1.11. The van der Waals surface area contributed by atoms with E-state index in [1.54, 1.807) is 7.05 Å². The largest absolute Gasteiger partial charge is 0.494 e. The van der Waals surface area contributed by atoms with Gasteiger partial charge in [-0.3, -0.25) is 4.79 Å². The lowest BCUT2D eigenvalue weighted by Gasteiger charge is -2.20. The molecule has 2 aromatic rings. The maximum absolute atomic E-state index is 12.9. The van der Waals surface area contributed by atoms with Crippen molar-refractivity contribution in [2.24, 2.45) is 0 Å². The summed E-state index contributed by atoms with van der Waals surface area (Å²) < 4.78 is 32.5. The van der Waals surface area contributed by atoms with Crippen LogP contribution in [0, 0.1) is 0 Å². The van der Waals surface area contributed by atoms with Crippen LogP contribution in [0.1, 0.15) is 35.7 Å². The van der Waals surface area contributed by atoms with Crippen LogP contribution in [-0.4, -0.2) is 50.3 Å². The molecule has 1 aliphatic rings. The zero-order valence-electron chi connectivity index (χ0n) is 16.6. The van der Waals surface area contributed by atoms with Crippen molar-refractivity contribution < 1.29 is 17.9 Å². The number of carbonyl (C=O) groups is 1. The third-order valence-electron chi connectivity index (χ3n) is 4.87. The number of benzene rings is 2. The number of ether oxygens (including phenoxy) is 1. The summed E-state index contributed by atoms with van der Waals surface area (Å²) in [5, 5.41) is 0.230. The molecule has 1 saturated heterocycles. The molecular formula is C21H25ClN2O4S. The van der Waals surface area contributed by atoms with Gasteiger partial charge in [-0.25, -0.2) is 8.42 Å². The molecule has 1 fully saturated rings. The summed E-state index contributed by atoms with van der Waals surface area (Å²) >= 11 is 6.23. The molecule has 6 nitrogen and oxygen atoms in total. The van der Waals surface area contributed by atoms with Crippen LogP contribution in [0.25, 0.3) is 0 Å². The Hall–Kier alpha value is -2.09. The van der Waals surface area contributed by atoms with Gasteiger partial charge in [-0.15, -0.1) is 0 Å². The summed E-state index contributed by atoms with van der Waals surface area (Å²) in [5.74, 6) is 0.440. The van der Waals surface area contributed by atoms with Crippen molar-refractivity contribution in [2.45, 2.75) is 31.2 Å². The summed E-state index contributed by atoms with van der Waals surface area (Å²) in [7, 11) is -1.95. The second-order valence-electron chi connectivity index (χ2n) is 6.99. The second kappa shape index (κ2) is 9.15. The first-order chi connectivity index (χ1) is 13.8. The van der Waals surface area contributed by atoms with E-state index < -0.39 is 10.0 Å². The molecule has 0 aliphatic carbocycles. The topological polar surface area (TPSA) is 66.9 Å². The van der Waals surface area contributed by atoms with Crippen LogP contribution in [0.5, 0.6) is 5.75 Å². The number of hydrogen-bond acceptors (Lipinski definition) is 4. The van der Waals surface area contributed by atoms with Crippen LogP contribution in [0.3, 0.4) is 0 Å². The van der Waals surface area contributed by atoms with Crippen molar-refractivity contribution in [3.05, 3.63) is 58.6 Å². The third-order valence-corrected chi connectivity index (χ3v) is 7.10. The highest BCUT2D eigenvalue weighted by molar-refractivity contribution is 7.89. The molecule has 2 aromatic carbocycles. The van der Waals surface area contributed by atoms with Gasteiger partial charge in [0.05, 0.1) is 22.1 Å². The molecule has 156 valence electrons. The number of amides is 1. The van der Waals surface area contributed by atoms with Crippen LogP contribution in [0.4, 0.5) is 0 Å². The number of nitrogens with zero attached hydrogens (tertiary/aromatic N) is 2. The molecule has 0 saturated carbocycles.